The molecule has 1 aliphatic heterocycles. The van der Waals surface area contributed by atoms with Crippen molar-refractivity contribution in [2.75, 3.05) is 43.6 Å². The highest BCUT2D eigenvalue weighted by Crippen LogP contribution is 2.37. The van der Waals surface area contributed by atoms with Crippen molar-refractivity contribution in [2.45, 2.75) is 6.54 Å². The number of aliphatic hydroxyl groups is 1. The summed E-state index contributed by atoms with van der Waals surface area (Å²) < 4.78 is 5.80. The van der Waals surface area contributed by atoms with E-state index < -0.39 is 5.91 Å². The SMILES string of the molecule is CN1CCOc2cc(-c3cccc(NC(=O)c4ccc(CNCCO)cn4)c3C#N)ccc21. The number of pyridine rings is 1. The molecule has 0 saturated carbocycles. The minimum absolute atomic E-state index is 0.0593. The van der Waals surface area contributed by atoms with Gasteiger partial charge in [0.05, 0.1) is 30.1 Å². The number of anilines is 2. The lowest BCUT2D eigenvalue weighted by atomic mass is 9.98. The van der Waals surface area contributed by atoms with Crippen LogP contribution in [-0.4, -0.2) is 49.3 Å². The van der Waals surface area contributed by atoms with Gasteiger partial charge in [0.15, 0.2) is 0 Å². The number of benzene rings is 2. The molecule has 1 aliphatic rings. The molecule has 2 aromatic carbocycles. The number of nitrogens with zero attached hydrogens (tertiary/aromatic N) is 3. The molecule has 2 heterocycles. The van der Waals surface area contributed by atoms with Gasteiger partial charge in [0.2, 0.25) is 0 Å². The van der Waals surface area contributed by atoms with Gasteiger partial charge in [-0.25, -0.2) is 0 Å². The van der Waals surface area contributed by atoms with E-state index in [4.69, 9.17) is 9.84 Å². The van der Waals surface area contributed by atoms with E-state index in [1.165, 1.54) is 0 Å². The lowest BCUT2D eigenvalue weighted by molar-refractivity contribution is 0.102. The van der Waals surface area contributed by atoms with Crippen LogP contribution in [0.25, 0.3) is 11.1 Å². The molecular formula is C25H25N5O3. The molecule has 0 saturated heterocycles. The smallest absolute Gasteiger partial charge is 0.274 e. The first-order valence-corrected chi connectivity index (χ1v) is 10.7. The van der Waals surface area contributed by atoms with E-state index in [-0.39, 0.29) is 12.3 Å². The minimum atomic E-state index is -0.395. The van der Waals surface area contributed by atoms with Gasteiger partial charge in [-0.05, 0) is 35.4 Å². The van der Waals surface area contributed by atoms with Crippen molar-refractivity contribution in [1.82, 2.24) is 10.3 Å². The Bertz CT molecular complexity index is 1190. The van der Waals surface area contributed by atoms with Crippen LogP contribution < -0.4 is 20.3 Å². The first-order chi connectivity index (χ1) is 16.1. The quantitative estimate of drug-likeness (QED) is 0.482. The van der Waals surface area contributed by atoms with Crippen molar-refractivity contribution in [2.24, 2.45) is 0 Å². The number of likely N-dealkylation sites (N-methyl/N-ethyl adjacent to an activating group) is 1. The van der Waals surface area contributed by atoms with Gasteiger partial charge in [0, 0.05) is 31.9 Å². The summed E-state index contributed by atoms with van der Waals surface area (Å²) in [5.74, 6) is 0.381. The van der Waals surface area contributed by atoms with Crippen LogP contribution in [0.15, 0.2) is 54.7 Å². The zero-order chi connectivity index (χ0) is 23.2. The van der Waals surface area contributed by atoms with Crippen LogP contribution in [0.1, 0.15) is 21.6 Å². The van der Waals surface area contributed by atoms with Gasteiger partial charge < -0.3 is 25.4 Å². The molecule has 1 aromatic heterocycles. The van der Waals surface area contributed by atoms with E-state index in [2.05, 4.69) is 26.6 Å². The Morgan fingerprint density at radius 1 is 1.27 bits per heavy atom. The van der Waals surface area contributed by atoms with Crippen molar-refractivity contribution >= 4 is 17.3 Å². The maximum Gasteiger partial charge on any atom is 0.274 e. The number of nitriles is 1. The van der Waals surface area contributed by atoms with Gasteiger partial charge >= 0.3 is 0 Å². The maximum absolute atomic E-state index is 12.8. The second kappa shape index (κ2) is 10.1. The van der Waals surface area contributed by atoms with E-state index in [0.717, 1.165) is 29.1 Å². The summed E-state index contributed by atoms with van der Waals surface area (Å²) >= 11 is 0. The van der Waals surface area contributed by atoms with E-state index in [9.17, 15) is 10.1 Å². The van der Waals surface area contributed by atoms with Crippen molar-refractivity contribution in [1.29, 1.82) is 5.26 Å². The first-order valence-electron chi connectivity index (χ1n) is 10.7. The molecule has 0 radical (unpaired) electrons. The van der Waals surface area contributed by atoms with Gasteiger partial charge in [-0.3, -0.25) is 9.78 Å². The summed E-state index contributed by atoms with van der Waals surface area (Å²) in [6.45, 7) is 2.53. The number of nitrogens with one attached hydrogen (secondary N) is 2. The van der Waals surface area contributed by atoms with E-state index >= 15 is 0 Å². The Morgan fingerprint density at radius 3 is 2.91 bits per heavy atom. The molecule has 0 fully saturated rings. The second-order valence-corrected chi connectivity index (χ2v) is 7.70. The first kappa shape index (κ1) is 22.3. The van der Waals surface area contributed by atoms with E-state index in [0.29, 0.717) is 36.5 Å². The number of amides is 1. The summed E-state index contributed by atoms with van der Waals surface area (Å²) in [5, 5.41) is 24.6. The monoisotopic (exact) mass is 443 g/mol. The van der Waals surface area contributed by atoms with Crippen LogP contribution in [-0.2, 0) is 6.54 Å². The molecular weight excluding hydrogens is 418 g/mol. The number of hydrogen-bond acceptors (Lipinski definition) is 7. The van der Waals surface area contributed by atoms with Crippen molar-refractivity contribution < 1.29 is 14.6 Å². The predicted molar refractivity (Wildman–Crippen MR) is 126 cm³/mol. The maximum atomic E-state index is 12.8. The predicted octanol–water partition coefficient (Wildman–Crippen LogP) is 2.78. The number of carbonyl (C=O) groups is 1. The molecule has 8 heteroatoms. The summed E-state index contributed by atoms with van der Waals surface area (Å²) in [6, 6.07) is 16.9. The average Bonchev–Trinajstić information content (AvgIpc) is 2.84. The molecule has 3 aromatic rings. The standard InChI is InChI=1S/C25H25N5O3/c1-30-10-12-33-24-13-18(6-8-23(24)30)19-3-2-4-21(20(19)14-26)29-25(32)22-7-5-17(16-28-22)15-27-9-11-31/h2-8,13,16,27,31H,9-12,15H2,1H3,(H,29,32). The number of ether oxygens (including phenoxy) is 1. The Labute approximate surface area is 192 Å². The van der Waals surface area contributed by atoms with Crippen molar-refractivity contribution in [3.8, 4) is 22.9 Å². The number of carbonyl (C=O) groups excluding carboxylic acids is 1. The lowest BCUT2D eigenvalue weighted by Gasteiger charge is -2.28. The highest BCUT2D eigenvalue weighted by atomic mass is 16.5. The fraction of sp³-hybridized carbons (Fsp3) is 0.240. The Hall–Kier alpha value is -3.93. The zero-order valence-electron chi connectivity index (χ0n) is 18.3. The molecule has 0 bridgehead atoms. The number of aliphatic hydroxyl groups excluding tert-OH is 1. The third kappa shape index (κ3) is 4.95. The molecule has 168 valence electrons. The lowest BCUT2D eigenvalue weighted by Crippen LogP contribution is -2.28. The molecule has 4 rings (SSSR count). The molecule has 3 N–H and O–H groups in total. The summed E-state index contributed by atoms with van der Waals surface area (Å²) in [4.78, 5) is 19.1. The van der Waals surface area contributed by atoms with Crippen LogP contribution in [0.2, 0.25) is 0 Å². The van der Waals surface area contributed by atoms with E-state index in [1.54, 1.807) is 24.4 Å². The molecule has 0 unspecified atom stereocenters. The average molecular weight is 444 g/mol. The van der Waals surface area contributed by atoms with Gasteiger partial charge in [0.1, 0.15) is 24.1 Å². The fourth-order valence-corrected chi connectivity index (χ4v) is 3.70. The van der Waals surface area contributed by atoms with Crippen LogP contribution >= 0.6 is 0 Å². The van der Waals surface area contributed by atoms with Gasteiger partial charge in [-0.1, -0.05) is 24.3 Å². The normalized spacial score (nSPS) is 12.5. The molecule has 33 heavy (non-hydrogen) atoms. The second-order valence-electron chi connectivity index (χ2n) is 7.70. The number of hydrogen-bond donors (Lipinski definition) is 3. The molecule has 0 aliphatic carbocycles. The highest BCUT2D eigenvalue weighted by Gasteiger charge is 2.18. The van der Waals surface area contributed by atoms with Crippen LogP contribution in [0.5, 0.6) is 5.75 Å². The van der Waals surface area contributed by atoms with Crippen molar-refractivity contribution in [3.63, 3.8) is 0 Å². The van der Waals surface area contributed by atoms with Crippen LogP contribution in [0, 0.1) is 11.3 Å². The molecule has 0 spiro atoms. The highest BCUT2D eigenvalue weighted by molar-refractivity contribution is 6.04. The largest absolute Gasteiger partial charge is 0.490 e. The van der Waals surface area contributed by atoms with Gasteiger partial charge in [-0.2, -0.15) is 5.26 Å². The molecule has 0 atom stereocenters. The zero-order valence-corrected chi connectivity index (χ0v) is 18.3. The van der Waals surface area contributed by atoms with Gasteiger partial charge in [0.25, 0.3) is 5.91 Å². The van der Waals surface area contributed by atoms with Crippen LogP contribution in [0.4, 0.5) is 11.4 Å². The Kier molecular flexibility index (Phi) is 6.83. The Morgan fingerprint density at radius 2 is 2.15 bits per heavy atom. The topological polar surface area (TPSA) is 111 Å². The third-order valence-electron chi connectivity index (χ3n) is 5.47. The van der Waals surface area contributed by atoms with Gasteiger partial charge in [-0.15, -0.1) is 0 Å². The fourth-order valence-electron chi connectivity index (χ4n) is 3.70. The molecule has 8 nitrogen and oxygen atoms in total. The summed E-state index contributed by atoms with van der Waals surface area (Å²) in [7, 11) is 2.02. The van der Waals surface area contributed by atoms with E-state index in [1.807, 2.05) is 37.4 Å². The number of rotatable bonds is 7. The summed E-state index contributed by atoms with van der Waals surface area (Å²) in [6.07, 6.45) is 1.62. The minimum Gasteiger partial charge on any atom is -0.490 e. The summed E-state index contributed by atoms with van der Waals surface area (Å²) in [5.41, 5.74) is 4.52. The number of aromatic nitrogens is 1. The van der Waals surface area contributed by atoms with Crippen LogP contribution in [0.3, 0.4) is 0 Å². The van der Waals surface area contributed by atoms with Crippen molar-refractivity contribution in [3.05, 3.63) is 71.5 Å². The molecule has 1 amide bonds. The number of fused-ring (bicyclic) bond motifs is 1. The third-order valence-corrected chi connectivity index (χ3v) is 5.47. The Balaban J connectivity index is 1.56.